The lowest BCUT2D eigenvalue weighted by molar-refractivity contribution is 0.0609. The van der Waals surface area contributed by atoms with Gasteiger partial charge in [0, 0.05) is 55.7 Å². The SMILES string of the molecule is COc1ccc(C(=O)N2CCN3CCC2C3)cc1Nc1ncc(-c2ccc(C#N)c(O[C@@H](C)Cn3cnnn3)c2)cn1. The molecule has 2 fully saturated rings. The zero-order valence-electron chi connectivity index (χ0n) is 23.3. The summed E-state index contributed by atoms with van der Waals surface area (Å²) in [5, 5.41) is 23.9. The van der Waals surface area contributed by atoms with Crippen LogP contribution in [-0.4, -0.2) is 91.3 Å². The number of anilines is 2. The van der Waals surface area contributed by atoms with E-state index in [1.165, 1.54) is 6.33 Å². The van der Waals surface area contributed by atoms with Crippen LogP contribution >= 0.6 is 0 Å². The van der Waals surface area contributed by atoms with Gasteiger partial charge in [-0.1, -0.05) is 6.07 Å². The lowest BCUT2D eigenvalue weighted by Gasteiger charge is -2.34. The molecule has 2 aliphatic rings. The number of hydrogen-bond acceptors (Lipinski definition) is 11. The first-order valence-electron chi connectivity index (χ1n) is 13.7. The van der Waals surface area contributed by atoms with Crippen LogP contribution in [0.2, 0.25) is 0 Å². The molecule has 214 valence electrons. The van der Waals surface area contributed by atoms with Gasteiger partial charge in [0.1, 0.15) is 30.0 Å². The Morgan fingerprint density at radius 3 is 2.74 bits per heavy atom. The van der Waals surface area contributed by atoms with Gasteiger partial charge in [0.15, 0.2) is 0 Å². The molecule has 0 saturated carbocycles. The maximum absolute atomic E-state index is 13.4. The van der Waals surface area contributed by atoms with Crippen molar-refractivity contribution in [3.63, 3.8) is 0 Å². The molecule has 2 aliphatic heterocycles. The van der Waals surface area contributed by atoms with E-state index in [4.69, 9.17) is 9.47 Å². The summed E-state index contributed by atoms with van der Waals surface area (Å²) in [6, 6.07) is 13.1. The van der Waals surface area contributed by atoms with Crippen molar-refractivity contribution in [3.05, 3.63) is 66.2 Å². The van der Waals surface area contributed by atoms with Gasteiger partial charge in [-0.05, 0) is 59.7 Å². The number of piperazine rings is 1. The van der Waals surface area contributed by atoms with Crippen LogP contribution in [-0.2, 0) is 6.54 Å². The van der Waals surface area contributed by atoms with Gasteiger partial charge in [0.2, 0.25) is 5.95 Å². The fourth-order valence-electron chi connectivity index (χ4n) is 5.41. The normalized spacial score (nSPS) is 18.3. The van der Waals surface area contributed by atoms with E-state index in [9.17, 15) is 10.1 Å². The smallest absolute Gasteiger partial charge is 0.254 e. The highest BCUT2D eigenvalue weighted by molar-refractivity contribution is 5.96. The molecule has 13 heteroatoms. The van der Waals surface area contributed by atoms with Gasteiger partial charge in [-0.25, -0.2) is 14.6 Å². The molecule has 1 amide bonds. The van der Waals surface area contributed by atoms with Crippen LogP contribution in [0.25, 0.3) is 11.1 Å². The third-order valence-corrected chi connectivity index (χ3v) is 7.55. The second kappa shape index (κ2) is 11.8. The molecule has 3 atom stereocenters. The zero-order valence-corrected chi connectivity index (χ0v) is 23.3. The van der Waals surface area contributed by atoms with Crippen LogP contribution in [0.5, 0.6) is 11.5 Å². The summed E-state index contributed by atoms with van der Waals surface area (Å²) in [7, 11) is 1.58. The number of aromatic nitrogens is 6. The number of amides is 1. The fraction of sp³-hybridized carbons (Fsp3) is 0.345. The monoisotopic (exact) mass is 566 g/mol. The summed E-state index contributed by atoms with van der Waals surface area (Å²) < 4.78 is 13.2. The third-order valence-electron chi connectivity index (χ3n) is 7.55. The van der Waals surface area contributed by atoms with Crippen molar-refractivity contribution in [1.29, 1.82) is 5.26 Å². The number of nitriles is 1. The minimum atomic E-state index is -0.279. The quantitative estimate of drug-likeness (QED) is 0.319. The van der Waals surface area contributed by atoms with E-state index in [1.807, 2.05) is 17.9 Å². The fourth-order valence-corrected chi connectivity index (χ4v) is 5.41. The number of nitrogens with zero attached hydrogens (tertiary/aromatic N) is 9. The first-order chi connectivity index (χ1) is 20.5. The number of nitrogens with one attached hydrogen (secondary N) is 1. The van der Waals surface area contributed by atoms with Gasteiger partial charge in [-0.15, -0.1) is 5.10 Å². The molecule has 4 aromatic rings. The molecule has 2 bridgehead atoms. The van der Waals surface area contributed by atoms with Crippen LogP contribution in [0.3, 0.4) is 0 Å². The van der Waals surface area contributed by atoms with E-state index in [2.05, 4.69) is 41.8 Å². The maximum Gasteiger partial charge on any atom is 0.254 e. The Morgan fingerprint density at radius 2 is 1.98 bits per heavy atom. The number of ether oxygens (including phenoxy) is 2. The summed E-state index contributed by atoms with van der Waals surface area (Å²) in [4.78, 5) is 26.8. The molecule has 0 aliphatic carbocycles. The molecular formula is C29H30N10O3. The molecule has 13 nitrogen and oxygen atoms in total. The number of hydrogen-bond donors (Lipinski definition) is 1. The third kappa shape index (κ3) is 5.70. The van der Waals surface area contributed by atoms with Crippen LogP contribution < -0.4 is 14.8 Å². The van der Waals surface area contributed by atoms with Gasteiger partial charge >= 0.3 is 0 Å². The average molecular weight is 567 g/mol. The molecule has 42 heavy (non-hydrogen) atoms. The molecular weight excluding hydrogens is 536 g/mol. The van der Waals surface area contributed by atoms with Crippen molar-refractivity contribution >= 4 is 17.5 Å². The topological polar surface area (TPSA) is 147 Å². The second-order valence-corrected chi connectivity index (χ2v) is 10.4. The van der Waals surface area contributed by atoms with Crippen molar-refractivity contribution in [1.82, 2.24) is 40.0 Å². The Kier molecular flexibility index (Phi) is 7.61. The number of benzene rings is 2. The van der Waals surface area contributed by atoms with Crippen molar-refractivity contribution in [2.45, 2.75) is 32.0 Å². The highest BCUT2D eigenvalue weighted by Gasteiger charge is 2.35. The van der Waals surface area contributed by atoms with Crippen LogP contribution in [0.4, 0.5) is 11.6 Å². The number of fused-ring (bicyclic) bond motifs is 2. The molecule has 0 radical (unpaired) electrons. The average Bonchev–Trinajstić information content (AvgIpc) is 3.66. The van der Waals surface area contributed by atoms with Crippen LogP contribution in [0, 0.1) is 11.3 Å². The minimum absolute atomic E-state index is 0.0228. The van der Waals surface area contributed by atoms with E-state index in [0.717, 1.165) is 43.7 Å². The van der Waals surface area contributed by atoms with Crippen molar-refractivity contribution in [2.75, 3.05) is 38.6 Å². The Balaban J connectivity index is 1.18. The number of methoxy groups -OCH3 is 1. The minimum Gasteiger partial charge on any atom is -0.495 e. The Labute approximate surface area is 242 Å². The highest BCUT2D eigenvalue weighted by atomic mass is 16.5. The zero-order chi connectivity index (χ0) is 29.1. The van der Waals surface area contributed by atoms with Gasteiger partial charge in [0.25, 0.3) is 5.91 Å². The summed E-state index contributed by atoms with van der Waals surface area (Å²) in [6.45, 7) is 5.96. The van der Waals surface area contributed by atoms with E-state index in [0.29, 0.717) is 40.8 Å². The molecule has 2 unspecified atom stereocenters. The Morgan fingerprint density at radius 1 is 1.12 bits per heavy atom. The lowest BCUT2D eigenvalue weighted by atomic mass is 10.1. The van der Waals surface area contributed by atoms with Crippen molar-refractivity contribution in [3.8, 4) is 28.7 Å². The maximum atomic E-state index is 13.4. The number of rotatable bonds is 9. The number of carbonyl (C=O) groups is 1. The number of carbonyl (C=O) groups excluding carboxylic acids is 1. The summed E-state index contributed by atoms with van der Waals surface area (Å²) >= 11 is 0. The molecule has 2 aromatic carbocycles. The van der Waals surface area contributed by atoms with E-state index in [-0.39, 0.29) is 18.1 Å². The first kappa shape index (κ1) is 27.1. The second-order valence-electron chi connectivity index (χ2n) is 10.4. The molecule has 6 rings (SSSR count). The lowest BCUT2D eigenvalue weighted by Crippen LogP contribution is -2.49. The van der Waals surface area contributed by atoms with Gasteiger partial charge in [-0.3, -0.25) is 9.69 Å². The summed E-state index contributed by atoms with van der Waals surface area (Å²) in [5.41, 5.74) is 3.15. The Bertz CT molecular complexity index is 1600. The molecule has 4 heterocycles. The van der Waals surface area contributed by atoms with E-state index in [1.54, 1.807) is 54.5 Å². The Hall–Kier alpha value is -5.09. The molecule has 0 spiro atoms. The highest BCUT2D eigenvalue weighted by Crippen LogP contribution is 2.31. The molecule has 1 N–H and O–H groups in total. The van der Waals surface area contributed by atoms with E-state index < -0.39 is 0 Å². The van der Waals surface area contributed by atoms with Crippen LogP contribution in [0.15, 0.2) is 55.1 Å². The van der Waals surface area contributed by atoms with E-state index >= 15 is 0 Å². The molecule has 2 aromatic heterocycles. The van der Waals surface area contributed by atoms with Gasteiger partial charge in [0.05, 0.1) is 24.9 Å². The summed E-state index contributed by atoms with van der Waals surface area (Å²) in [5.74, 6) is 1.40. The van der Waals surface area contributed by atoms with Gasteiger partial charge < -0.3 is 19.7 Å². The largest absolute Gasteiger partial charge is 0.495 e. The van der Waals surface area contributed by atoms with Crippen LogP contribution in [0.1, 0.15) is 29.3 Å². The first-order valence-corrected chi connectivity index (χ1v) is 13.7. The standard InChI is InChI=1S/C29H30N10O3/c1-19(16-38-18-33-35-36-38)42-27-12-20(3-4-22(27)13-30)23-14-31-29(32-15-23)34-25-11-21(5-6-26(25)41-2)28(40)39-10-9-37-8-7-24(39)17-37/h3-6,11-12,14-15,18-19,24H,7-10,16-17H2,1-2H3,(H,31,32,34)/t19-,24?/m0/s1. The van der Waals surface area contributed by atoms with Crippen molar-refractivity contribution < 1.29 is 14.3 Å². The summed E-state index contributed by atoms with van der Waals surface area (Å²) in [6.07, 6.45) is 5.62. The molecule has 2 saturated heterocycles. The number of tetrazole rings is 1. The van der Waals surface area contributed by atoms with Crippen molar-refractivity contribution in [2.24, 2.45) is 0 Å². The van der Waals surface area contributed by atoms with Gasteiger partial charge in [-0.2, -0.15) is 5.26 Å². The predicted octanol–water partition coefficient (Wildman–Crippen LogP) is 2.75. The predicted molar refractivity (Wildman–Crippen MR) is 152 cm³/mol.